The van der Waals surface area contributed by atoms with E-state index in [-0.39, 0.29) is 22.5 Å². The van der Waals surface area contributed by atoms with Crippen molar-refractivity contribution >= 4 is 23.3 Å². The first-order valence-electron chi connectivity index (χ1n) is 24.5. The lowest BCUT2D eigenvalue weighted by Gasteiger charge is -2.36. The predicted molar refractivity (Wildman–Crippen MR) is 283 cm³/mol. The van der Waals surface area contributed by atoms with Gasteiger partial charge in [0.1, 0.15) is 11.5 Å². The Kier molecular flexibility index (Phi) is 20.6. The summed E-state index contributed by atoms with van der Waals surface area (Å²) < 4.78 is 17.0. The van der Waals surface area contributed by atoms with Gasteiger partial charge in [0.05, 0.1) is 38.7 Å². The van der Waals surface area contributed by atoms with Crippen molar-refractivity contribution in [3.8, 4) is 11.5 Å². The Labute approximate surface area is 429 Å². The van der Waals surface area contributed by atoms with E-state index >= 15 is 0 Å². The van der Waals surface area contributed by atoms with Gasteiger partial charge in [-0.3, -0.25) is 47.6 Å². The minimum Gasteiger partial charge on any atom is -0.495 e. The van der Waals surface area contributed by atoms with Gasteiger partial charge in [-0.25, -0.2) is 19.2 Å². The molecule has 0 aliphatic carbocycles. The number of rotatable bonds is 18. The number of carboxylic acids is 2. The van der Waals surface area contributed by atoms with Crippen LogP contribution in [-0.4, -0.2) is 140 Å². The van der Waals surface area contributed by atoms with E-state index < -0.39 is 11.9 Å². The molecule has 4 aromatic heterocycles. The van der Waals surface area contributed by atoms with Gasteiger partial charge >= 0.3 is 23.3 Å². The lowest BCUT2D eigenvalue weighted by atomic mass is 10.2. The monoisotopic (exact) mass is 1010 g/mol. The van der Waals surface area contributed by atoms with Gasteiger partial charge in [-0.15, -0.1) is 0 Å². The van der Waals surface area contributed by atoms with Crippen LogP contribution in [-0.2, 0) is 35.8 Å². The third kappa shape index (κ3) is 15.7. The van der Waals surface area contributed by atoms with Crippen LogP contribution in [0.2, 0.25) is 0 Å². The summed E-state index contributed by atoms with van der Waals surface area (Å²) in [6.07, 6.45) is 12.7. The first-order chi connectivity index (χ1) is 35.8. The number of carbonyl (C=O) groups is 2. The van der Waals surface area contributed by atoms with Crippen LogP contribution in [0.1, 0.15) is 35.1 Å². The number of hydrogen-bond acceptors (Lipinski definition) is 14. The van der Waals surface area contributed by atoms with Crippen molar-refractivity contribution in [2.45, 2.75) is 52.9 Å². The summed E-state index contributed by atoms with van der Waals surface area (Å²) in [5.41, 5.74) is 4.43. The smallest absolute Gasteiger partial charge is 0.331 e. The molecule has 2 fully saturated rings. The highest BCUT2D eigenvalue weighted by molar-refractivity contribution is 5.89. The molecule has 0 spiro atoms. The van der Waals surface area contributed by atoms with Crippen molar-refractivity contribution in [3.63, 3.8) is 0 Å². The molecule has 20 heteroatoms. The van der Waals surface area contributed by atoms with E-state index in [0.717, 1.165) is 112 Å². The van der Waals surface area contributed by atoms with Gasteiger partial charge in [-0.05, 0) is 99.4 Å². The van der Waals surface area contributed by atoms with Crippen LogP contribution in [0.4, 0.5) is 11.4 Å². The van der Waals surface area contributed by atoms with Crippen molar-refractivity contribution in [1.29, 1.82) is 0 Å². The third-order valence-corrected chi connectivity index (χ3v) is 12.7. The minimum atomic E-state index is -1.26. The van der Waals surface area contributed by atoms with Crippen molar-refractivity contribution in [3.05, 3.63) is 186 Å². The number of aromatic nitrogens is 6. The first-order valence-corrected chi connectivity index (χ1v) is 24.5. The molecule has 20 nitrogen and oxygen atoms in total. The molecule has 0 atom stereocenters. The molecule has 6 heterocycles. The number of methoxy groups -OCH3 is 2. The van der Waals surface area contributed by atoms with Crippen LogP contribution < -0.4 is 41.8 Å². The Morgan fingerprint density at radius 3 is 1.22 bits per heavy atom. The highest BCUT2D eigenvalue weighted by Gasteiger charge is 2.21. The number of para-hydroxylation sites is 4. The number of aryl methyl sites for hydroxylation is 2. The third-order valence-electron chi connectivity index (χ3n) is 12.7. The lowest BCUT2D eigenvalue weighted by Crippen LogP contribution is -2.47. The van der Waals surface area contributed by atoms with E-state index in [1.165, 1.54) is 9.13 Å². The molecule has 0 bridgehead atoms. The fourth-order valence-corrected chi connectivity index (χ4v) is 8.84. The molecule has 2 aliphatic rings. The number of carboxylic acid groups (broad SMARTS) is 2. The summed E-state index contributed by atoms with van der Waals surface area (Å²) in [6.45, 7) is 14.3. The molecule has 2 aromatic carbocycles. The largest absolute Gasteiger partial charge is 0.495 e. The Balaban J connectivity index is 0.000000210. The van der Waals surface area contributed by atoms with Crippen molar-refractivity contribution in [2.75, 3.05) is 89.5 Å². The highest BCUT2D eigenvalue weighted by Crippen LogP contribution is 2.29. The zero-order valence-electron chi connectivity index (χ0n) is 42.5. The Morgan fingerprint density at radius 1 is 0.527 bits per heavy atom. The van der Waals surface area contributed by atoms with Gasteiger partial charge in [0, 0.05) is 126 Å². The van der Waals surface area contributed by atoms with Crippen LogP contribution in [0.3, 0.4) is 0 Å². The van der Waals surface area contributed by atoms with E-state index in [9.17, 15) is 28.8 Å². The van der Waals surface area contributed by atoms with Crippen LogP contribution in [0.15, 0.2) is 141 Å². The lowest BCUT2D eigenvalue weighted by molar-refractivity contribution is -0.134. The minimum absolute atomic E-state index is 0.202. The zero-order chi connectivity index (χ0) is 53.0. The second-order valence-electron chi connectivity index (χ2n) is 17.8. The molecule has 0 unspecified atom stereocenters. The summed E-state index contributed by atoms with van der Waals surface area (Å²) in [7, 11) is 3.40. The van der Waals surface area contributed by atoms with Crippen LogP contribution >= 0.6 is 0 Å². The fraction of sp³-hybridized carbons (Fsp3) is 0.370. The van der Waals surface area contributed by atoms with Crippen LogP contribution in [0.5, 0.6) is 11.5 Å². The average Bonchev–Trinajstić information content (AvgIpc) is 3.42. The fourth-order valence-electron chi connectivity index (χ4n) is 8.84. The van der Waals surface area contributed by atoms with E-state index in [4.69, 9.17) is 19.7 Å². The molecule has 2 N–H and O–H groups in total. The second kappa shape index (κ2) is 27.6. The van der Waals surface area contributed by atoms with Crippen LogP contribution in [0, 0.1) is 13.8 Å². The van der Waals surface area contributed by atoms with E-state index in [1.54, 1.807) is 74.4 Å². The van der Waals surface area contributed by atoms with Crippen molar-refractivity contribution in [2.24, 2.45) is 0 Å². The molecular weight excluding hydrogens is 949 g/mol. The van der Waals surface area contributed by atoms with E-state index in [0.29, 0.717) is 49.5 Å². The number of benzene rings is 2. The maximum absolute atomic E-state index is 13.0. The standard InChI is InChI=1S/2C25H31N5O3.C4H4O4/c2*1-20-18-29(19-21-8-10-26-11-9-21)25(32)30(24(20)31)13-5-12-27-14-16-28(17-15-27)22-6-3-4-7-23(22)33-2;5-3(6)1-2-4(7)8/h2*3-4,6-11,18H,5,12-17,19H2,1-2H3;1-2H,(H,5,6)(H,7,8)/b;;2-1+. The summed E-state index contributed by atoms with van der Waals surface area (Å²) in [4.78, 5) is 87.8. The summed E-state index contributed by atoms with van der Waals surface area (Å²) in [5, 5.41) is 15.6. The quantitative estimate of drug-likeness (QED) is 0.117. The SMILES string of the molecule is COc1ccccc1N1CCN(CCCn2c(=O)c(C)cn(Cc3ccncc3)c2=O)CC1.COc1ccccc1N1CCN(CCCn2c(=O)c(C)cn(Cc3ccncc3)c2=O)CC1.O=C(O)/C=C/C(=O)O. The second-order valence-corrected chi connectivity index (χ2v) is 17.8. The summed E-state index contributed by atoms with van der Waals surface area (Å²) in [6, 6.07) is 23.7. The Morgan fingerprint density at radius 2 is 0.878 bits per heavy atom. The molecule has 8 rings (SSSR count). The predicted octanol–water partition coefficient (Wildman–Crippen LogP) is 3.68. The number of piperazine rings is 2. The molecule has 2 aliphatic heterocycles. The first kappa shape index (κ1) is 55.2. The number of pyridine rings is 2. The maximum atomic E-state index is 13.0. The maximum Gasteiger partial charge on any atom is 0.331 e. The van der Waals surface area contributed by atoms with Crippen molar-refractivity contribution < 1.29 is 29.3 Å². The van der Waals surface area contributed by atoms with Gasteiger partial charge in [0.25, 0.3) is 11.1 Å². The molecule has 74 heavy (non-hydrogen) atoms. The average molecular weight is 1020 g/mol. The van der Waals surface area contributed by atoms with E-state index in [1.807, 2.05) is 60.7 Å². The van der Waals surface area contributed by atoms with Gasteiger partial charge in [-0.2, -0.15) is 0 Å². The molecule has 0 amide bonds. The molecule has 392 valence electrons. The van der Waals surface area contributed by atoms with E-state index in [2.05, 4.69) is 41.7 Å². The highest BCUT2D eigenvalue weighted by atomic mass is 16.5. The summed E-state index contributed by atoms with van der Waals surface area (Å²) >= 11 is 0. The number of ether oxygens (including phenoxy) is 2. The molecular formula is C54H66N10O10. The molecule has 6 aromatic rings. The number of nitrogens with zero attached hydrogens (tertiary/aromatic N) is 10. The number of hydrogen-bond donors (Lipinski definition) is 2. The number of aliphatic carboxylic acids is 2. The topological polar surface area (TPSA) is 220 Å². The van der Waals surface area contributed by atoms with Gasteiger partial charge < -0.3 is 29.5 Å². The Hall–Kier alpha value is -8.10. The molecule has 2 saturated heterocycles. The molecule has 0 saturated carbocycles. The Bertz CT molecular complexity index is 2840. The van der Waals surface area contributed by atoms with Gasteiger partial charge in [-0.1, -0.05) is 24.3 Å². The van der Waals surface area contributed by atoms with Gasteiger partial charge in [0.2, 0.25) is 0 Å². The van der Waals surface area contributed by atoms with Crippen molar-refractivity contribution in [1.82, 2.24) is 38.0 Å². The normalized spacial score (nSPS) is 13.9. The van der Waals surface area contributed by atoms with Gasteiger partial charge in [0.15, 0.2) is 0 Å². The number of anilines is 2. The zero-order valence-corrected chi connectivity index (χ0v) is 42.5. The van der Waals surface area contributed by atoms with Crippen LogP contribution in [0.25, 0.3) is 0 Å². The molecule has 0 radical (unpaired) electrons. The summed E-state index contributed by atoms with van der Waals surface area (Å²) in [5.74, 6) is -0.722.